The lowest BCUT2D eigenvalue weighted by molar-refractivity contribution is -0.139. The minimum atomic E-state index is -0.788. The first kappa shape index (κ1) is 14.9. The average molecular weight is 280 g/mol. The van der Waals surface area contributed by atoms with Crippen molar-refractivity contribution in [3.63, 3.8) is 0 Å². The molecule has 1 heterocycles. The van der Waals surface area contributed by atoms with E-state index < -0.39 is 12.0 Å². The second kappa shape index (κ2) is 6.81. The van der Waals surface area contributed by atoms with Crippen molar-refractivity contribution < 1.29 is 14.3 Å². The van der Waals surface area contributed by atoms with E-state index in [0.717, 1.165) is 31.6 Å². The SMILES string of the molecule is CNC(CC1CCN(Cc2ccc(F)cc2)C1)C(=O)O. The predicted octanol–water partition coefficient (Wildman–Crippen LogP) is 1.71. The number of hydrogen-bond donors (Lipinski definition) is 2. The van der Waals surface area contributed by atoms with Gasteiger partial charge in [0.05, 0.1) is 0 Å². The number of nitrogens with zero attached hydrogens (tertiary/aromatic N) is 1. The zero-order valence-corrected chi connectivity index (χ0v) is 11.7. The molecule has 1 fully saturated rings. The van der Waals surface area contributed by atoms with Crippen molar-refractivity contribution in [2.24, 2.45) is 5.92 Å². The highest BCUT2D eigenvalue weighted by atomic mass is 19.1. The van der Waals surface area contributed by atoms with Crippen molar-refractivity contribution in [1.29, 1.82) is 0 Å². The summed E-state index contributed by atoms with van der Waals surface area (Å²) in [4.78, 5) is 13.3. The Morgan fingerprint density at radius 3 is 2.80 bits per heavy atom. The molecule has 0 spiro atoms. The maximum atomic E-state index is 12.8. The van der Waals surface area contributed by atoms with Crippen LogP contribution in [0.1, 0.15) is 18.4 Å². The van der Waals surface area contributed by atoms with Crippen LogP contribution in [0, 0.1) is 11.7 Å². The summed E-state index contributed by atoms with van der Waals surface area (Å²) in [6.45, 7) is 2.68. The van der Waals surface area contributed by atoms with Crippen LogP contribution in [0.15, 0.2) is 24.3 Å². The van der Waals surface area contributed by atoms with Gasteiger partial charge in [0.1, 0.15) is 11.9 Å². The largest absolute Gasteiger partial charge is 0.480 e. The first-order valence-corrected chi connectivity index (χ1v) is 6.95. The van der Waals surface area contributed by atoms with Gasteiger partial charge >= 0.3 is 5.97 Å². The number of carbonyl (C=O) groups is 1. The van der Waals surface area contributed by atoms with Gasteiger partial charge in [-0.2, -0.15) is 0 Å². The molecule has 0 radical (unpaired) electrons. The number of halogens is 1. The number of aliphatic carboxylic acids is 1. The van der Waals surface area contributed by atoms with Crippen molar-refractivity contribution >= 4 is 5.97 Å². The standard InChI is InChI=1S/C15H21FN2O2/c1-17-14(15(19)20)8-12-6-7-18(10-12)9-11-2-4-13(16)5-3-11/h2-5,12,14,17H,6-10H2,1H3,(H,19,20). The summed E-state index contributed by atoms with van der Waals surface area (Å²) in [5.74, 6) is -0.597. The lowest BCUT2D eigenvalue weighted by Gasteiger charge is -2.18. The average Bonchev–Trinajstić information content (AvgIpc) is 2.86. The number of rotatable bonds is 6. The third-order valence-corrected chi connectivity index (χ3v) is 3.91. The van der Waals surface area contributed by atoms with Gasteiger partial charge in [0, 0.05) is 13.1 Å². The summed E-state index contributed by atoms with van der Waals surface area (Å²) in [7, 11) is 1.68. The van der Waals surface area contributed by atoms with E-state index in [9.17, 15) is 9.18 Å². The molecule has 20 heavy (non-hydrogen) atoms. The zero-order chi connectivity index (χ0) is 14.5. The molecule has 2 atom stereocenters. The molecule has 2 N–H and O–H groups in total. The van der Waals surface area contributed by atoms with Crippen LogP contribution in [0.25, 0.3) is 0 Å². The quantitative estimate of drug-likeness (QED) is 0.833. The van der Waals surface area contributed by atoms with E-state index in [0.29, 0.717) is 12.3 Å². The highest BCUT2D eigenvalue weighted by Gasteiger charge is 2.27. The molecule has 110 valence electrons. The molecule has 0 amide bonds. The van der Waals surface area contributed by atoms with Crippen molar-refractivity contribution in [1.82, 2.24) is 10.2 Å². The Bertz CT molecular complexity index is 450. The highest BCUT2D eigenvalue weighted by Crippen LogP contribution is 2.22. The summed E-state index contributed by atoms with van der Waals surface area (Å²) < 4.78 is 12.8. The number of likely N-dealkylation sites (N-methyl/N-ethyl adjacent to an activating group) is 1. The molecule has 4 nitrogen and oxygen atoms in total. The van der Waals surface area contributed by atoms with Crippen LogP contribution < -0.4 is 5.32 Å². The monoisotopic (exact) mass is 280 g/mol. The van der Waals surface area contributed by atoms with Crippen molar-refractivity contribution in [2.45, 2.75) is 25.4 Å². The molecule has 1 aliphatic rings. The smallest absolute Gasteiger partial charge is 0.320 e. The molecule has 0 aliphatic carbocycles. The molecule has 0 saturated carbocycles. The molecule has 1 aromatic rings. The highest BCUT2D eigenvalue weighted by molar-refractivity contribution is 5.73. The van der Waals surface area contributed by atoms with E-state index in [1.54, 1.807) is 19.2 Å². The molecular formula is C15H21FN2O2. The fourth-order valence-electron chi connectivity index (χ4n) is 2.77. The molecule has 1 aliphatic heterocycles. The fraction of sp³-hybridized carbons (Fsp3) is 0.533. The molecule has 0 aromatic heterocycles. The van der Waals surface area contributed by atoms with Crippen molar-refractivity contribution in [3.8, 4) is 0 Å². The molecule has 0 bridgehead atoms. The van der Waals surface area contributed by atoms with E-state index in [4.69, 9.17) is 5.11 Å². The summed E-state index contributed by atoms with van der Waals surface area (Å²) >= 11 is 0. The number of nitrogens with one attached hydrogen (secondary N) is 1. The molecule has 2 unspecified atom stereocenters. The van der Waals surface area contributed by atoms with Gasteiger partial charge in [0.25, 0.3) is 0 Å². The van der Waals surface area contributed by atoms with E-state index in [-0.39, 0.29) is 5.82 Å². The normalized spacial score (nSPS) is 21.0. The minimum Gasteiger partial charge on any atom is -0.480 e. The Labute approximate surface area is 118 Å². The van der Waals surface area contributed by atoms with E-state index in [1.807, 2.05) is 0 Å². The fourth-order valence-corrected chi connectivity index (χ4v) is 2.77. The summed E-state index contributed by atoms with van der Waals surface area (Å²) in [6.07, 6.45) is 1.68. The van der Waals surface area contributed by atoms with Crippen molar-refractivity contribution in [3.05, 3.63) is 35.6 Å². The van der Waals surface area contributed by atoms with Gasteiger partial charge in [-0.05, 0) is 50.0 Å². The number of carboxylic acids is 1. The van der Waals surface area contributed by atoms with Crippen LogP contribution in [-0.2, 0) is 11.3 Å². The van der Waals surface area contributed by atoms with E-state index in [1.165, 1.54) is 12.1 Å². The molecule has 5 heteroatoms. The second-order valence-corrected chi connectivity index (χ2v) is 5.43. The van der Waals surface area contributed by atoms with Gasteiger partial charge in [0.15, 0.2) is 0 Å². The topological polar surface area (TPSA) is 52.6 Å². The van der Waals surface area contributed by atoms with Crippen LogP contribution >= 0.6 is 0 Å². The zero-order valence-electron chi connectivity index (χ0n) is 11.7. The Morgan fingerprint density at radius 1 is 1.50 bits per heavy atom. The summed E-state index contributed by atoms with van der Waals surface area (Å²) in [5, 5.41) is 11.9. The van der Waals surface area contributed by atoms with E-state index >= 15 is 0 Å². The van der Waals surface area contributed by atoms with Crippen LogP contribution in [0.5, 0.6) is 0 Å². The van der Waals surface area contributed by atoms with Gasteiger partial charge in [-0.25, -0.2) is 4.39 Å². The van der Waals surface area contributed by atoms with Gasteiger partial charge in [-0.15, -0.1) is 0 Å². The lowest BCUT2D eigenvalue weighted by Crippen LogP contribution is -2.36. The van der Waals surface area contributed by atoms with Crippen LogP contribution in [-0.4, -0.2) is 42.2 Å². The van der Waals surface area contributed by atoms with Gasteiger partial charge in [0.2, 0.25) is 0 Å². The summed E-state index contributed by atoms with van der Waals surface area (Å²) in [5.41, 5.74) is 1.09. The minimum absolute atomic E-state index is 0.216. The Kier molecular flexibility index (Phi) is 5.09. The van der Waals surface area contributed by atoms with Crippen LogP contribution in [0.3, 0.4) is 0 Å². The number of benzene rings is 1. The maximum Gasteiger partial charge on any atom is 0.320 e. The van der Waals surface area contributed by atoms with E-state index in [2.05, 4.69) is 10.2 Å². The van der Waals surface area contributed by atoms with Crippen LogP contribution in [0.4, 0.5) is 4.39 Å². The Balaban J connectivity index is 1.83. The Morgan fingerprint density at radius 2 is 2.20 bits per heavy atom. The van der Waals surface area contributed by atoms with Crippen LogP contribution in [0.2, 0.25) is 0 Å². The van der Waals surface area contributed by atoms with Gasteiger partial charge in [-0.3, -0.25) is 9.69 Å². The number of likely N-dealkylation sites (tertiary alicyclic amines) is 1. The second-order valence-electron chi connectivity index (χ2n) is 5.43. The summed E-state index contributed by atoms with van der Waals surface area (Å²) in [6, 6.07) is 6.09. The Hall–Kier alpha value is -1.46. The third-order valence-electron chi connectivity index (χ3n) is 3.91. The van der Waals surface area contributed by atoms with Gasteiger partial charge in [-0.1, -0.05) is 12.1 Å². The lowest BCUT2D eigenvalue weighted by atomic mass is 9.99. The first-order chi connectivity index (χ1) is 9.58. The number of carboxylic acid groups (broad SMARTS) is 1. The first-order valence-electron chi connectivity index (χ1n) is 6.95. The molecular weight excluding hydrogens is 259 g/mol. The predicted molar refractivity (Wildman–Crippen MR) is 74.9 cm³/mol. The molecule has 1 saturated heterocycles. The molecule has 2 rings (SSSR count). The number of hydrogen-bond acceptors (Lipinski definition) is 3. The van der Waals surface area contributed by atoms with Gasteiger partial charge < -0.3 is 10.4 Å². The molecule has 1 aromatic carbocycles. The maximum absolute atomic E-state index is 12.8. The third kappa shape index (κ3) is 4.02. The van der Waals surface area contributed by atoms with Crippen molar-refractivity contribution in [2.75, 3.05) is 20.1 Å².